The van der Waals surface area contributed by atoms with Crippen molar-refractivity contribution in [2.45, 2.75) is 36.1 Å². The van der Waals surface area contributed by atoms with Crippen molar-refractivity contribution in [3.63, 3.8) is 0 Å². The molecule has 2 heterocycles. The lowest BCUT2D eigenvalue weighted by molar-refractivity contribution is -0.383. The van der Waals surface area contributed by atoms with Crippen LogP contribution in [0.4, 0.5) is 10.7 Å². The minimum atomic E-state index is -3.44. The van der Waals surface area contributed by atoms with E-state index in [4.69, 9.17) is 0 Å². The lowest BCUT2D eigenvalue weighted by Gasteiger charge is -2.39. The first-order valence-corrected chi connectivity index (χ1v) is 9.73. The summed E-state index contributed by atoms with van der Waals surface area (Å²) in [5.41, 5.74) is -0.125. The van der Waals surface area contributed by atoms with E-state index in [1.807, 2.05) is 11.9 Å². The van der Waals surface area contributed by atoms with Crippen LogP contribution in [-0.2, 0) is 9.84 Å². The molecule has 0 saturated carbocycles. The minimum absolute atomic E-state index is 0.0435. The highest BCUT2D eigenvalue weighted by molar-refractivity contribution is 7.92. The lowest BCUT2D eigenvalue weighted by Crippen LogP contribution is -2.46. The Morgan fingerprint density at radius 3 is 2.64 bits per heavy atom. The number of nitrogens with zero attached hydrogens (tertiary/aromatic N) is 3. The first-order chi connectivity index (χ1) is 10.1. The van der Waals surface area contributed by atoms with Gasteiger partial charge in [-0.15, -0.1) is 0 Å². The van der Waals surface area contributed by atoms with Crippen LogP contribution in [0.1, 0.15) is 19.8 Å². The second-order valence-corrected chi connectivity index (χ2v) is 9.18. The van der Waals surface area contributed by atoms with E-state index in [0.717, 1.165) is 37.0 Å². The van der Waals surface area contributed by atoms with Crippen LogP contribution in [0.15, 0.2) is 10.3 Å². The molecule has 0 spiro atoms. The Kier molecular flexibility index (Phi) is 4.78. The molecule has 0 bridgehead atoms. The zero-order valence-electron chi connectivity index (χ0n) is 13.1. The summed E-state index contributed by atoms with van der Waals surface area (Å²) in [5, 5.41) is 11.7. The Morgan fingerprint density at radius 1 is 1.50 bits per heavy atom. The Bertz CT molecular complexity index is 671. The molecular weight excluding hydrogens is 326 g/mol. The first-order valence-electron chi connectivity index (χ1n) is 7.02. The van der Waals surface area contributed by atoms with E-state index >= 15 is 0 Å². The average Bonchev–Trinajstić information content (AvgIpc) is 2.86. The predicted molar refractivity (Wildman–Crippen MR) is 87.6 cm³/mol. The Balaban J connectivity index is 2.34. The van der Waals surface area contributed by atoms with E-state index in [0.29, 0.717) is 11.0 Å². The van der Waals surface area contributed by atoms with E-state index in [1.54, 1.807) is 0 Å². The van der Waals surface area contributed by atoms with Gasteiger partial charge in [-0.2, -0.15) is 0 Å². The third kappa shape index (κ3) is 3.41. The SMILES string of the molecule is C[C@H]1C[C@H](N(C)c2sc(S(C)(=O)=O)cc2[N+](=O)[O-])CCN1C. The molecule has 1 saturated heterocycles. The molecule has 22 heavy (non-hydrogen) atoms. The molecule has 0 aliphatic carbocycles. The number of hydrogen-bond donors (Lipinski definition) is 0. The van der Waals surface area contributed by atoms with Gasteiger partial charge in [0, 0.05) is 38.0 Å². The fourth-order valence-electron chi connectivity index (χ4n) is 2.70. The molecule has 7 nitrogen and oxygen atoms in total. The number of thiophene rings is 1. The highest BCUT2D eigenvalue weighted by Gasteiger charge is 2.32. The third-order valence-corrected chi connectivity index (χ3v) is 7.30. The van der Waals surface area contributed by atoms with Gasteiger partial charge in [-0.05, 0) is 26.8 Å². The van der Waals surface area contributed by atoms with Crippen molar-refractivity contribution in [1.82, 2.24) is 4.90 Å². The maximum atomic E-state index is 11.7. The number of hydrogen-bond acceptors (Lipinski definition) is 7. The zero-order chi connectivity index (χ0) is 16.7. The van der Waals surface area contributed by atoms with Crippen molar-refractivity contribution >= 4 is 31.9 Å². The van der Waals surface area contributed by atoms with E-state index in [-0.39, 0.29) is 15.9 Å². The van der Waals surface area contributed by atoms with Crippen molar-refractivity contribution < 1.29 is 13.3 Å². The number of nitro groups is 1. The molecule has 1 aliphatic heterocycles. The van der Waals surface area contributed by atoms with Gasteiger partial charge in [0.25, 0.3) is 0 Å². The fourth-order valence-corrected chi connectivity index (χ4v) is 4.76. The maximum Gasteiger partial charge on any atom is 0.305 e. The summed E-state index contributed by atoms with van der Waals surface area (Å²) in [6.45, 7) is 3.05. The van der Waals surface area contributed by atoms with Crippen LogP contribution < -0.4 is 4.90 Å². The normalized spacial score (nSPS) is 23.5. The fraction of sp³-hybridized carbons (Fsp3) is 0.692. The van der Waals surface area contributed by atoms with Gasteiger partial charge >= 0.3 is 5.69 Å². The highest BCUT2D eigenvalue weighted by atomic mass is 32.2. The lowest BCUT2D eigenvalue weighted by atomic mass is 9.98. The molecule has 0 amide bonds. The molecule has 0 N–H and O–H groups in total. The van der Waals surface area contributed by atoms with Crippen LogP contribution in [-0.4, -0.2) is 57.2 Å². The second kappa shape index (κ2) is 6.13. The quantitative estimate of drug-likeness (QED) is 0.612. The van der Waals surface area contributed by atoms with Gasteiger partial charge in [0.1, 0.15) is 4.21 Å². The van der Waals surface area contributed by atoms with Crippen molar-refractivity contribution in [3.05, 3.63) is 16.2 Å². The van der Waals surface area contributed by atoms with Crippen LogP contribution >= 0.6 is 11.3 Å². The van der Waals surface area contributed by atoms with Crippen molar-refractivity contribution in [3.8, 4) is 0 Å². The zero-order valence-corrected chi connectivity index (χ0v) is 14.8. The third-order valence-electron chi connectivity index (χ3n) is 4.28. The Morgan fingerprint density at radius 2 is 2.14 bits per heavy atom. The smallest absolute Gasteiger partial charge is 0.305 e. The molecule has 0 radical (unpaired) electrons. The molecule has 1 fully saturated rings. The summed E-state index contributed by atoms with van der Waals surface area (Å²) in [6, 6.07) is 1.75. The van der Waals surface area contributed by atoms with Gasteiger partial charge in [0.15, 0.2) is 14.8 Å². The molecule has 0 unspecified atom stereocenters. The summed E-state index contributed by atoms with van der Waals surface area (Å²) in [7, 11) is 0.436. The van der Waals surface area contributed by atoms with Crippen molar-refractivity contribution in [1.29, 1.82) is 0 Å². The predicted octanol–water partition coefficient (Wildman–Crippen LogP) is 1.98. The first kappa shape index (κ1) is 17.2. The summed E-state index contributed by atoms with van der Waals surface area (Å²) in [4.78, 5) is 14.9. The molecule has 1 aliphatic rings. The summed E-state index contributed by atoms with van der Waals surface area (Å²) in [5.74, 6) is 0. The molecule has 124 valence electrons. The monoisotopic (exact) mass is 347 g/mol. The van der Waals surface area contributed by atoms with Gasteiger partial charge in [0.2, 0.25) is 0 Å². The van der Waals surface area contributed by atoms with Crippen LogP contribution in [0.3, 0.4) is 0 Å². The molecule has 2 rings (SSSR count). The van der Waals surface area contributed by atoms with E-state index in [2.05, 4.69) is 18.9 Å². The van der Waals surface area contributed by atoms with Gasteiger partial charge in [-0.3, -0.25) is 10.1 Å². The van der Waals surface area contributed by atoms with Crippen LogP contribution in [0.5, 0.6) is 0 Å². The molecule has 1 aromatic rings. The number of likely N-dealkylation sites (tertiary alicyclic amines) is 1. The molecular formula is C13H21N3O4S2. The van der Waals surface area contributed by atoms with E-state index in [9.17, 15) is 18.5 Å². The number of rotatable bonds is 4. The molecule has 2 atom stereocenters. The molecule has 0 aromatic carbocycles. The Labute approximate surface area is 134 Å². The van der Waals surface area contributed by atoms with Gasteiger partial charge < -0.3 is 9.80 Å². The molecule has 1 aromatic heterocycles. The average molecular weight is 347 g/mol. The topological polar surface area (TPSA) is 83.8 Å². The highest BCUT2D eigenvalue weighted by Crippen LogP contribution is 2.41. The number of sulfone groups is 1. The second-order valence-electron chi connectivity index (χ2n) is 5.90. The Hall–Kier alpha value is -1.19. The van der Waals surface area contributed by atoms with Crippen LogP contribution in [0, 0.1) is 10.1 Å². The van der Waals surface area contributed by atoms with E-state index in [1.165, 1.54) is 6.07 Å². The molecule has 9 heteroatoms. The minimum Gasteiger partial charge on any atom is -0.358 e. The van der Waals surface area contributed by atoms with Gasteiger partial charge in [0.05, 0.1) is 4.92 Å². The largest absolute Gasteiger partial charge is 0.358 e. The summed E-state index contributed by atoms with van der Waals surface area (Å²) >= 11 is 0.981. The van der Waals surface area contributed by atoms with Gasteiger partial charge in [-0.25, -0.2) is 8.42 Å². The number of anilines is 1. The number of piperidine rings is 1. The van der Waals surface area contributed by atoms with E-state index < -0.39 is 14.8 Å². The standard InChI is InChI=1S/C13H21N3O4S2/c1-9-7-10(5-6-14(9)2)15(3)13-11(16(17)18)8-12(21-13)22(4,19)20/h8-10H,5-7H2,1-4H3/t9-,10+/m0/s1. The van der Waals surface area contributed by atoms with Gasteiger partial charge in [-0.1, -0.05) is 11.3 Å². The van der Waals surface area contributed by atoms with Crippen molar-refractivity contribution in [2.75, 3.05) is 31.8 Å². The van der Waals surface area contributed by atoms with Crippen molar-refractivity contribution in [2.24, 2.45) is 0 Å². The summed E-state index contributed by atoms with van der Waals surface area (Å²) in [6.07, 6.45) is 2.88. The summed E-state index contributed by atoms with van der Waals surface area (Å²) < 4.78 is 23.4. The van der Waals surface area contributed by atoms with Crippen LogP contribution in [0.2, 0.25) is 0 Å². The van der Waals surface area contributed by atoms with Crippen LogP contribution in [0.25, 0.3) is 0 Å². The maximum absolute atomic E-state index is 11.7.